The molecule has 0 spiro atoms. The second kappa shape index (κ2) is 18.1. The van der Waals surface area contributed by atoms with Crippen molar-refractivity contribution < 1.29 is 0 Å². The first-order valence-corrected chi connectivity index (χ1v) is 25.7. The number of fused-ring (bicyclic) bond motifs is 4. The van der Waals surface area contributed by atoms with Crippen molar-refractivity contribution >= 4 is 75.0 Å². The van der Waals surface area contributed by atoms with E-state index in [4.69, 9.17) is 0 Å². The summed E-state index contributed by atoms with van der Waals surface area (Å²) in [5.41, 5.74) is 26.4. The largest absolute Gasteiger partial charge is 0.308 e. The highest BCUT2D eigenvalue weighted by Gasteiger charge is 2.43. The van der Waals surface area contributed by atoms with Crippen molar-refractivity contribution in [3.05, 3.63) is 172 Å². The van der Waals surface area contributed by atoms with E-state index in [0.29, 0.717) is 35.5 Å². The number of hydrogen-bond acceptors (Lipinski definition) is 2. The van der Waals surface area contributed by atoms with Gasteiger partial charge in [-0.05, 0) is 141 Å². The zero-order valence-corrected chi connectivity index (χ0v) is 42.9. The number of anilines is 3. The van der Waals surface area contributed by atoms with E-state index < -0.39 is 0 Å². The van der Waals surface area contributed by atoms with Gasteiger partial charge in [-0.1, -0.05) is 219 Å². The number of nitrogens with zero attached hydrogens (tertiary/aromatic N) is 1. The normalized spacial score (nSPS) is 13.4. The van der Waals surface area contributed by atoms with E-state index in [1.807, 2.05) is 11.8 Å². The van der Waals surface area contributed by atoms with Crippen molar-refractivity contribution in [3.63, 3.8) is 0 Å². The van der Waals surface area contributed by atoms with Crippen LogP contribution in [-0.4, -0.2) is 13.4 Å². The van der Waals surface area contributed by atoms with Crippen LogP contribution < -0.4 is 37.7 Å². The topological polar surface area (TPSA) is 3.24 Å². The van der Waals surface area contributed by atoms with Crippen LogP contribution in [0.1, 0.15) is 163 Å². The van der Waals surface area contributed by atoms with Gasteiger partial charge in [0.05, 0.1) is 11.4 Å². The van der Waals surface area contributed by atoms with Crippen LogP contribution in [0.25, 0.3) is 11.1 Å². The first-order valence-electron chi connectivity index (χ1n) is 24.9. The third-order valence-electron chi connectivity index (χ3n) is 14.6. The van der Waals surface area contributed by atoms with Gasteiger partial charge in [-0.25, -0.2) is 0 Å². The Hall–Kier alpha value is -5.18. The van der Waals surface area contributed by atoms with E-state index in [1.54, 1.807) is 0 Å². The quantitative estimate of drug-likeness (QED) is 0.126. The molecule has 2 heterocycles. The summed E-state index contributed by atoms with van der Waals surface area (Å²) in [7, 11) is 0. The van der Waals surface area contributed by atoms with Crippen LogP contribution in [0.2, 0.25) is 0 Å². The van der Waals surface area contributed by atoms with E-state index in [0.717, 1.165) is 0 Å². The van der Waals surface area contributed by atoms with Crippen molar-refractivity contribution in [1.29, 1.82) is 0 Å². The highest BCUT2D eigenvalue weighted by Crippen LogP contribution is 2.52. The van der Waals surface area contributed by atoms with Gasteiger partial charge < -0.3 is 4.90 Å². The number of hydrogen-bond donors (Lipinski definition) is 0. The van der Waals surface area contributed by atoms with Gasteiger partial charge in [0, 0.05) is 15.5 Å². The van der Waals surface area contributed by atoms with Crippen LogP contribution in [-0.2, 0) is 0 Å². The Morgan fingerprint density at radius 1 is 0.379 bits per heavy atom. The van der Waals surface area contributed by atoms with Gasteiger partial charge in [-0.15, -0.1) is 0 Å². The van der Waals surface area contributed by atoms with Crippen LogP contribution in [0.5, 0.6) is 0 Å². The first kappa shape index (κ1) is 46.0. The maximum atomic E-state index is 2.60. The lowest BCUT2D eigenvalue weighted by Gasteiger charge is -2.37. The van der Waals surface area contributed by atoms with Crippen LogP contribution in [0.3, 0.4) is 0 Å². The Balaban J connectivity index is 1.29. The van der Waals surface area contributed by atoms with E-state index in [9.17, 15) is 0 Å². The molecule has 0 unspecified atom stereocenters. The zero-order valence-electron chi connectivity index (χ0n) is 42.1. The number of rotatable bonds is 10. The standard InChI is InChI=1S/C62H69B2NS/c1-36(2)46-31-49(38(5)6)61(50(32-46)39(7)8)63-53-17-15-16-18-54(53)64(62-51(40(9)10)33-47(37(3)4)34-52(62)41(11)12)56-35-45(23-26-55(56)63)44-21-24-48(25-22-44)65-57-27-19-42(13)29-59(57)66-60-30-43(14)20-28-58(60)65/h15-41H,1-14H3. The van der Waals surface area contributed by atoms with Crippen molar-refractivity contribution in [1.82, 2.24) is 0 Å². The van der Waals surface area contributed by atoms with Crippen LogP contribution in [0.4, 0.5) is 17.1 Å². The molecule has 2 aliphatic heterocycles. The van der Waals surface area contributed by atoms with Crippen LogP contribution in [0, 0.1) is 13.8 Å². The van der Waals surface area contributed by atoms with Gasteiger partial charge in [0.1, 0.15) is 0 Å². The van der Waals surface area contributed by atoms with Crippen LogP contribution in [0.15, 0.2) is 137 Å². The molecule has 0 saturated carbocycles. The molecular weight excluding hydrogens is 812 g/mol. The highest BCUT2D eigenvalue weighted by molar-refractivity contribution is 7.99. The predicted molar refractivity (Wildman–Crippen MR) is 293 cm³/mol. The first-order chi connectivity index (χ1) is 31.5. The third-order valence-corrected chi connectivity index (χ3v) is 15.7. The summed E-state index contributed by atoms with van der Waals surface area (Å²) in [4.78, 5) is 5.06. The summed E-state index contributed by atoms with van der Waals surface area (Å²) in [6.45, 7) is 33.2. The van der Waals surface area contributed by atoms with E-state index in [-0.39, 0.29) is 13.4 Å². The van der Waals surface area contributed by atoms with E-state index in [1.165, 1.54) is 115 Å². The molecule has 0 N–H and O–H groups in total. The highest BCUT2D eigenvalue weighted by atomic mass is 32.2. The molecule has 334 valence electrons. The average Bonchev–Trinajstić information content (AvgIpc) is 3.28. The maximum Gasteiger partial charge on any atom is 0.240 e. The molecule has 1 nitrogen and oxygen atoms in total. The predicted octanol–water partition coefficient (Wildman–Crippen LogP) is 14.0. The van der Waals surface area contributed by atoms with Crippen molar-refractivity contribution in [2.24, 2.45) is 0 Å². The molecule has 0 bridgehead atoms. The molecule has 0 amide bonds. The fourth-order valence-electron chi connectivity index (χ4n) is 11.1. The number of aryl methyl sites for hydroxylation is 2. The zero-order chi connectivity index (χ0) is 46.9. The smallest absolute Gasteiger partial charge is 0.240 e. The molecule has 0 aliphatic carbocycles. The van der Waals surface area contributed by atoms with Gasteiger partial charge in [-0.3, -0.25) is 0 Å². The molecule has 7 aromatic rings. The molecule has 4 heteroatoms. The molecule has 0 fully saturated rings. The van der Waals surface area contributed by atoms with Crippen LogP contribution >= 0.6 is 11.8 Å². The summed E-state index contributed by atoms with van der Waals surface area (Å²) in [6, 6.07) is 50.5. The summed E-state index contributed by atoms with van der Waals surface area (Å²) in [5, 5.41) is 0. The van der Waals surface area contributed by atoms with Gasteiger partial charge >= 0.3 is 0 Å². The second-order valence-electron chi connectivity index (χ2n) is 21.4. The minimum atomic E-state index is 0.0911. The summed E-state index contributed by atoms with van der Waals surface area (Å²) in [6.07, 6.45) is 0. The summed E-state index contributed by atoms with van der Waals surface area (Å²) < 4.78 is 0. The molecule has 2 aliphatic rings. The number of benzene rings is 7. The summed E-state index contributed by atoms with van der Waals surface area (Å²) >= 11 is 1.89. The van der Waals surface area contributed by atoms with Gasteiger partial charge in [0.15, 0.2) is 0 Å². The molecular formula is C62H69B2NS. The van der Waals surface area contributed by atoms with Crippen molar-refractivity contribution in [2.75, 3.05) is 4.90 Å². The van der Waals surface area contributed by atoms with Crippen molar-refractivity contribution in [3.8, 4) is 11.1 Å². The lowest BCUT2D eigenvalue weighted by Crippen LogP contribution is -2.76. The van der Waals surface area contributed by atoms with Gasteiger partial charge in [0.2, 0.25) is 13.4 Å². The molecule has 0 aromatic heterocycles. The Morgan fingerprint density at radius 2 is 0.773 bits per heavy atom. The fourth-order valence-corrected chi connectivity index (χ4v) is 12.3. The molecule has 9 rings (SSSR count). The van der Waals surface area contributed by atoms with E-state index in [2.05, 4.69) is 229 Å². The Kier molecular flexibility index (Phi) is 12.6. The average molecular weight is 882 g/mol. The lowest BCUT2D eigenvalue weighted by atomic mass is 9.20. The lowest BCUT2D eigenvalue weighted by molar-refractivity contribution is 0.812. The third kappa shape index (κ3) is 8.20. The summed E-state index contributed by atoms with van der Waals surface area (Å²) in [5.74, 6) is 2.44. The van der Waals surface area contributed by atoms with Gasteiger partial charge in [-0.2, -0.15) is 0 Å². The van der Waals surface area contributed by atoms with Gasteiger partial charge in [0.25, 0.3) is 0 Å². The molecule has 0 radical (unpaired) electrons. The minimum absolute atomic E-state index is 0.0911. The molecule has 66 heavy (non-hydrogen) atoms. The molecule has 7 aromatic carbocycles. The molecule has 0 atom stereocenters. The minimum Gasteiger partial charge on any atom is -0.308 e. The maximum absolute atomic E-state index is 2.60. The fraction of sp³-hybridized carbons (Fsp3) is 0.323. The Morgan fingerprint density at radius 3 is 1.18 bits per heavy atom. The van der Waals surface area contributed by atoms with Crippen molar-refractivity contribution in [2.45, 2.75) is 142 Å². The monoisotopic (exact) mass is 882 g/mol. The Bertz CT molecular complexity index is 2840. The Labute approximate surface area is 403 Å². The second-order valence-corrected chi connectivity index (χ2v) is 22.5. The SMILES string of the molecule is Cc1ccc2c(c1)Sc1cc(C)ccc1N2c1ccc(-c2ccc3c(c2)B(c2c(C(C)C)cc(C(C)C)cc2C(C)C)c2ccccc2B3c2c(C(C)C)cc(C(C)C)cc2C(C)C)cc1. The molecule has 0 saturated heterocycles. The van der Waals surface area contributed by atoms with E-state index >= 15 is 0 Å².